The number of fused-ring (bicyclic) bond motifs is 1. The van der Waals surface area contributed by atoms with E-state index in [2.05, 4.69) is 9.78 Å². The molecular formula is C20H19F3N2O3. The van der Waals surface area contributed by atoms with Crippen molar-refractivity contribution in [2.45, 2.75) is 25.2 Å². The number of para-hydroxylation sites is 1. The topological polar surface area (TPSA) is 66.5 Å². The maximum Gasteiger partial charge on any atom is 0.416 e. The summed E-state index contributed by atoms with van der Waals surface area (Å²) in [6.45, 7) is 0.252. The molecule has 0 aliphatic heterocycles. The third-order valence-electron chi connectivity index (χ3n) is 4.39. The van der Waals surface area contributed by atoms with Crippen molar-refractivity contribution in [2.75, 3.05) is 7.11 Å². The number of carbonyl (C=O) groups is 1. The van der Waals surface area contributed by atoms with Crippen LogP contribution in [-0.4, -0.2) is 23.7 Å². The molecule has 0 aliphatic rings. The minimum atomic E-state index is -4.39. The van der Waals surface area contributed by atoms with Crippen molar-refractivity contribution < 1.29 is 27.7 Å². The lowest BCUT2D eigenvalue weighted by atomic mass is 10.1. The van der Waals surface area contributed by atoms with Gasteiger partial charge in [0.25, 0.3) is 0 Å². The molecule has 0 unspecified atom stereocenters. The van der Waals surface area contributed by atoms with Crippen LogP contribution in [0.4, 0.5) is 13.2 Å². The Balaban J connectivity index is 1.92. The van der Waals surface area contributed by atoms with Crippen LogP contribution < -0.4 is 5.73 Å². The summed E-state index contributed by atoms with van der Waals surface area (Å²) in [6, 6.07) is 11.7. The molecule has 28 heavy (non-hydrogen) atoms. The second-order valence-electron chi connectivity index (χ2n) is 6.38. The van der Waals surface area contributed by atoms with Gasteiger partial charge in [-0.2, -0.15) is 18.1 Å². The van der Waals surface area contributed by atoms with Crippen LogP contribution in [0.15, 0.2) is 54.7 Å². The molecule has 0 saturated carbocycles. The van der Waals surface area contributed by atoms with Gasteiger partial charge in [0, 0.05) is 30.1 Å². The molecule has 0 spiro atoms. The lowest BCUT2D eigenvalue weighted by molar-refractivity contribution is -0.256. The average Bonchev–Trinajstić information content (AvgIpc) is 2.99. The first-order valence-corrected chi connectivity index (χ1v) is 8.52. The van der Waals surface area contributed by atoms with Crippen molar-refractivity contribution in [1.29, 1.82) is 0 Å². The van der Waals surface area contributed by atoms with Gasteiger partial charge in [0.2, 0.25) is 0 Å². The van der Waals surface area contributed by atoms with E-state index in [0.717, 1.165) is 28.6 Å². The number of hydrogen-bond acceptors (Lipinski definition) is 4. The molecule has 0 fully saturated rings. The van der Waals surface area contributed by atoms with Gasteiger partial charge in [-0.25, -0.2) is 4.79 Å². The zero-order valence-electron chi connectivity index (χ0n) is 15.1. The molecule has 3 rings (SSSR count). The Hall–Kier alpha value is -2.84. The van der Waals surface area contributed by atoms with Gasteiger partial charge in [-0.05, 0) is 29.3 Å². The van der Waals surface area contributed by atoms with Gasteiger partial charge in [-0.15, -0.1) is 0 Å². The van der Waals surface area contributed by atoms with Gasteiger partial charge in [-0.1, -0.05) is 30.3 Å². The van der Waals surface area contributed by atoms with Gasteiger partial charge in [0.1, 0.15) is 6.04 Å². The summed E-state index contributed by atoms with van der Waals surface area (Å²) in [5.41, 5.74) is 7.33. The number of carbonyl (C=O) groups excluding carboxylic acids is 1. The molecule has 2 aromatic carbocycles. The van der Waals surface area contributed by atoms with E-state index in [0.29, 0.717) is 5.56 Å². The van der Waals surface area contributed by atoms with Crippen LogP contribution in [-0.2, 0) is 33.7 Å². The fourth-order valence-corrected chi connectivity index (χ4v) is 3.12. The average molecular weight is 392 g/mol. The lowest BCUT2D eigenvalue weighted by Crippen LogP contribution is -2.34. The van der Waals surface area contributed by atoms with Gasteiger partial charge < -0.3 is 10.3 Å². The van der Waals surface area contributed by atoms with Crippen LogP contribution in [0.5, 0.6) is 0 Å². The molecule has 1 atom stereocenters. The fraction of sp³-hybridized carbons (Fsp3) is 0.250. The number of nitrogens with two attached hydrogens (primary N) is 1. The Bertz CT molecular complexity index is 982. The van der Waals surface area contributed by atoms with E-state index in [4.69, 9.17) is 5.73 Å². The van der Waals surface area contributed by atoms with Crippen molar-refractivity contribution in [3.63, 3.8) is 0 Å². The fourth-order valence-electron chi connectivity index (χ4n) is 3.12. The molecular weight excluding hydrogens is 373 g/mol. The number of halogens is 3. The highest BCUT2D eigenvalue weighted by Gasteiger charge is 2.30. The van der Waals surface area contributed by atoms with Gasteiger partial charge >= 0.3 is 12.1 Å². The molecule has 5 nitrogen and oxygen atoms in total. The van der Waals surface area contributed by atoms with E-state index >= 15 is 0 Å². The number of nitrogens with zero attached hydrogens (tertiary/aromatic N) is 1. The van der Waals surface area contributed by atoms with Crippen molar-refractivity contribution in [1.82, 2.24) is 4.57 Å². The van der Waals surface area contributed by atoms with Crippen molar-refractivity contribution in [3.05, 3.63) is 71.4 Å². The standard InChI is InChI=1S/C20H19F3N2O3/c1-27-28-19(26)17(24)10-14-12-25(18-8-3-2-7-16(14)18)11-13-5-4-6-15(9-13)20(21,22)23/h2-9,12,17H,10-11,24H2,1H3/t17-/m0/s1. The maximum absolute atomic E-state index is 13.0. The third kappa shape index (κ3) is 4.35. The van der Waals surface area contributed by atoms with Crippen molar-refractivity contribution in [3.8, 4) is 0 Å². The largest absolute Gasteiger partial charge is 0.416 e. The molecule has 2 N–H and O–H groups in total. The second kappa shape index (κ2) is 8.04. The molecule has 0 bridgehead atoms. The third-order valence-corrected chi connectivity index (χ3v) is 4.39. The summed E-state index contributed by atoms with van der Waals surface area (Å²) in [5, 5.41) is 0.871. The zero-order chi connectivity index (χ0) is 20.3. The first-order chi connectivity index (χ1) is 13.3. The van der Waals surface area contributed by atoms with Crippen molar-refractivity contribution >= 4 is 16.9 Å². The smallest absolute Gasteiger partial charge is 0.343 e. The van der Waals surface area contributed by atoms with E-state index in [1.54, 1.807) is 12.3 Å². The van der Waals surface area contributed by atoms with Crippen LogP contribution in [0, 0.1) is 0 Å². The second-order valence-corrected chi connectivity index (χ2v) is 6.38. The Morgan fingerprint density at radius 2 is 1.93 bits per heavy atom. The minimum absolute atomic E-state index is 0.207. The highest BCUT2D eigenvalue weighted by atomic mass is 19.4. The summed E-state index contributed by atoms with van der Waals surface area (Å²) >= 11 is 0. The maximum atomic E-state index is 13.0. The lowest BCUT2D eigenvalue weighted by Gasteiger charge is -2.10. The van der Waals surface area contributed by atoms with Crippen LogP contribution in [0.2, 0.25) is 0 Å². The zero-order valence-corrected chi connectivity index (χ0v) is 15.1. The predicted octanol–water partition coefficient (Wildman–Crippen LogP) is 3.68. The van der Waals surface area contributed by atoms with Crippen LogP contribution >= 0.6 is 0 Å². The minimum Gasteiger partial charge on any atom is -0.343 e. The van der Waals surface area contributed by atoms with E-state index in [-0.39, 0.29) is 13.0 Å². The van der Waals surface area contributed by atoms with Gasteiger partial charge in [0.05, 0.1) is 12.7 Å². The van der Waals surface area contributed by atoms with E-state index < -0.39 is 23.8 Å². The molecule has 0 saturated heterocycles. The molecule has 3 aromatic rings. The first-order valence-electron chi connectivity index (χ1n) is 8.52. The summed E-state index contributed by atoms with van der Waals surface area (Å²) in [4.78, 5) is 20.5. The Labute approximate surface area is 159 Å². The highest BCUT2D eigenvalue weighted by molar-refractivity contribution is 5.85. The number of aromatic nitrogens is 1. The summed E-state index contributed by atoms with van der Waals surface area (Å²) in [7, 11) is 1.21. The highest BCUT2D eigenvalue weighted by Crippen LogP contribution is 2.30. The van der Waals surface area contributed by atoms with Crippen LogP contribution in [0.1, 0.15) is 16.7 Å². The van der Waals surface area contributed by atoms with E-state index in [9.17, 15) is 18.0 Å². The molecule has 0 amide bonds. The molecule has 1 aromatic heterocycles. The number of rotatable bonds is 6. The predicted molar refractivity (Wildman–Crippen MR) is 97.3 cm³/mol. The molecule has 0 aliphatic carbocycles. The molecule has 8 heteroatoms. The van der Waals surface area contributed by atoms with Crippen molar-refractivity contribution in [2.24, 2.45) is 5.73 Å². The SMILES string of the molecule is COOC(=O)[C@@H](N)Cc1cn(Cc2cccc(C(F)(F)F)c2)c2ccccc12. The first kappa shape index (κ1) is 19.9. The number of benzene rings is 2. The Morgan fingerprint density at radius 3 is 2.64 bits per heavy atom. The number of hydrogen-bond donors (Lipinski definition) is 1. The summed E-state index contributed by atoms with van der Waals surface area (Å²) < 4.78 is 40.8. The van der Waals surface area contributed by atoms with Gasteiger partial charge in [-0.3, -0.25) is 4.89 Å². The van der Waals surface area contributed by atoms with Crippen LogP contribution in [0.3, 0.4) is 0 Å². The van der Waals surface area contributed by atoms with Gasteiger partial charge in [0.15, 0.2) is 0 Å². The summed E-state index contributed by atoms with van der Waals surface area (Å²) in [6.07, 6.45) is -2.39. The quantitative estimate of drug-likeness (QED) is 0.513. The Kier molecular flexibility index (Phi) is 5.71. The number of alkyl halides is 3. The molecule has 0 radical (unpaired) electrons. The Morgan fingerprint density at radius 1 is 1.18 bits per heavy atom. The molecule has 1 heterocycles. The summed E-state index contributed by atoms with van der Waals surface area (Å²) in [5.74, 6) is -0.697. The van der Waals surface area contributed by atoms with E-state index in [1.807, 2.05) is 28.8 Å². The van der Waals surface area contributed by atoms with Crippen LogP contribution in [0.25, 0.3) is 10.9 Å². The molecule has 148 valence electrons. The monoisotopic (exact) mass is 392 g/mol. The van der Waals surface area contributed by atoms with E-state index in [1.165, 1.54) is 13.2 Å². The normalized spacial score (nSPS) is 12.9.